The van der Waals surface area contributed by atoms with E-state index in [9.17, 15) is 4.79 Å². The third-order valence-corrected chi connectivity index (χ3v) is 6.19. The molecular formula is C20H26N4OS. The number of hydrogen-bond acceptors (Lipinski definition) is 3. The van der Waals surface area contributed by atoms with Gasteiger partial charge in [0.05, 0.1) is 0 Å². The number of hydrogen-bond donors (Lipinski definition) is 3. The minimum atomic E-state index is -0.125. The maximum atomic E-state index is 11.0. The molecule has 0 radical (unpaired) electrons. The standard InChI is InChI=1S/C20H26N4OS/c1-12(25)23-20(26)21-7-6-13-8-16-15-4-3-5-17-19(15)14(10-22-17)9-18(16)24(2)11-13/h3-5,10,13,16,18,22H,6-9,11H2,1-2H3,(H2,21,23,25,26)/t13-,16?,18-/m1/s1. The van der Waals surface area contributed by atoms with Gasteiger partial charge in [-0.3, -0.25) is 4.79 Å². The Bertz CT molecular complexity index is 845. The highest BCUT2D eigenvalue weighted by molar-refractivity contribution is 7.80. The molecule has 26 heavy (non-hydrogen) atoms. The number of carbonyl (C=O) groups is 1. The maximum Gasteiger partial charge on any atom is 0.222 e. The second-order valence-electron chi connectivity index (χ2n) is 7.73. The van der Waals surface area contributed by atoms with Gasteiger partial charge in [0.25, 0.3) is 0 Å². The fraction of sp³-hybridized carbons (Fsp3) is 0.500. The van der Waals surface area contributed by atoms with Crippen molar-refractivity contribution >= 4 is 34.1 Å². The number of rotatable bonds is 3. The number of aromatic amines is 1. The second-order valence-corrected chi connectivity index (χ2v) is 8.14. The molecule has 3 atom stereocenters. The van der Waals surface area contributed by atoms with E-state index in [1.165, 1.54) is 35.4 Å². The van der Waals surface area contributed by atoms with Gasteiger partial charge in [0.15, 0.2) is 5.11 Å². The normalized spacial score (nSPS) is 24.9. The van der Waals surface area contributed by atoms with Crippen LogP contribution in [0.5, 0.6) is 0 Å². The van der Waals surface area contributed by atoms with Crippen molar-refractivity contribution in [1.29, 1.82) is 0 Å². The van der Waals surface area contributed by atoms with Crippen LogP contribution in [0.3, 0.4) is 0 Å². The zero-order valence-electron chi connectivity index (χ0n) is 15.3. The summed E-state index contributed by atoms with van der Waals surface area (Å²) in [5, 5.41) is 7.66. The average molecular weight is 371 g/mol. The van der Waals surface area contributed by atoms with Crippen molar-refractivity contribution in [1.82, 2.24) is 20.5 Å². The number of benzene rings is 1. The van der Waals surface area contributed by atoms with Crippen molar-refractivity contribution in [3.05, 3.63) is 35.5 Å². The van der Waals surface area contributed by atoms with Crippen molar-refractivity contribution in [2.24, 2.45) is 5.92 Å². The summed E-state index contributed by atoms with van der Waals surface area (Å²) in [4.78, 5) is 17.0. The van der Waals surface area contributed by atoms with Gasteiger partial charge < -0.3 is 20.5 Å². The lowest BCUT2D eigenvalue weighted by Gasteiger charge is -2.45. The van der Waals surface area contributed by atoms with Crippen molar-refractivity contribution in [3.8, 4) is 0 Å². The van der Waals surface area contributed by atoms with Crippen molar-refractivity contribution in [2.75, 3.05) is 20.1 Å². The summed E-state index contributed by atoms with van der Waals surface area (Å²) in [6, 6.07) is 7.27. The molecule has 6 heteroatoms. The molecule has 1 unspecified atom stereocenters. The number of carbonyl (C=O) groups excluding carboxylic acids is 1. The Morgan fingerprint density at radius 1 is 1.42 bits per heavy atom. The average Bonchev–Trinajstić information content (AvgIpc) is 3.00. The molecule has 0 saturated carbocycles. The Morgan fingerprint density at radius 3 is 3.08 bits per heavy atom. The van der Waals surface area contributed by atoms with Crippen LogP contribution in [0.4, 0.5) is 0 Å². The van der Waals surface area contributed by atoms with Crippen LogP contribution in [-0.4, -0.2) is 47.1 Å². The molecule has 3 N–H and O–H groups in total. The highest BCUT2D eigenvalue weighted by Gasteiger charge is 2.39. The number of nitrogens with zero attached hydrogens (tertiary/aromatic N) is 1. The van der Waals surface area contributed by atoms with E-state index in [1.54, 1.807) is 0 Å². The molecule has 1 saturated heterocycles. The summed E-state index contributed by atoms with van der Waals surface area (Å²) in [5.74, 6) is 1.10. The van der Waals surface area contributed by atoms with Gasteiger partial charge in [-0.2, -0.15) is 0 Å². The molecule has 5 nitrogen and oxygen atoms in total. The predicted molar refractivity (Wildman–Crippen MR) is 108 cm³/mol. The quantitative estimate of drug-likeness (QED) is 0.727. The molecule has 4 rings (SSSR count). The highest BCUT2D eigenvalue weighted by Crippen LogP contribution is 2.44. The zero-order valence-corrected chi connectivity index (χ0v) is 16.2. The summed E-state index contributed by atoms with van der Waals surface area (Å²) in [6.45, 7) is 3.39. The molecule has 0 spiro atoms. The Kier molecular flexibility index (Phi) is 4.71. The monoisotopic (exact) mass is 370 g/mol. The van der Waals surface area contributed by atoms with Gasteiger partial charge in [-0.25, -0.2) is 0 Å². The topological polar surface area (TPSA) is 60.2 Å². The van der Waals surface area contributed by atoms with Gasteiger partial charge >= 0.3 is 0 Å². The predicted octanol–water partition coefficient (Wildman–Crippen LogP) is 2.53. The summed E-state index contributed by atoms with van der Waals surface area (Å²) in [6.07, 6.45) is 5.60. The van der Waals surface area contributed by atoms with Crippen LogP contribution < -0.4 is 10.6 Å². The molecule has 1 aromatic heterocycles. The summed E-state index contributed by atoms with van der Waals surface area (Å²) >= 11 is 5.13. The number of thiocarbonyl (C=S) groups is 1. The minimum Gasteiger partial charge on any atom is -0.362 e. The molecule has 138 valence electrons. The van der Waals surface area contributed by atoms with Gasteiger partial charge in [-0.05, 0) is 61.6 Å². The molecule has 2 aliphatic rings. The van der Waals surface area contributed by atoms with E-state index in [0.29, 0.717) is 23.0 Å². The van der Waals surface area contributed by atoms with Gasteiger partial charge in [-0.15, -0.1) is 0 Å². The Hall–Kier alpha value is -1.92. The number of fused-ring (bicyclic) bond motifs is 2. The number of likely N-dealkylation sites (N-methyl/N-ethyl adjacent to an activating group) is 1. The van der Waals surface area contributed by atoms with Crippen LogP contribution in [0.2, 0.25) is 0 Å². The van der Waals surface area contributed by atoms with Crippen molar-refractivity contribution in [3.63, 3.8) is 0 Å². The van der Waals surface area contributed by atoms with E-state index in [2.05, 4.69) is 52.0 Å². The first-order chi connectivity index (χ1) is 12.5. The third kappa shape index (κ3) is 3.23. The van der Waals surface area contributed by atoms with Crippen LogP contribution in [0.15, 0.2) is 24.4 Å². The first kappa shape index (κ1) is 17.5. The van der Waals surface area contributed by atoms with Gasteiger partial charge in [0.1, 0.15) is 0 Å². The van der Waals surface area contributed by atoms with Crippen LogP contribution in [0.25, 0.3) is 10.9 Å². The van der Waals surface area contributed by atoms with E-state index in [1.807, 2.05) is 0 Å². The maximum absolute atomic E-state index is 11.0. The molecule has 2 heterocycles. The van der Waals surface area contributed by atoms with Gasteiger partial charge in [-0.1, -0.05) is 12.1 Å². The lowest BCUT2D eigenvalue weighted by molar-refractivity contribution is -0.117. The fourth-order valence-electron chi connectivity index (χ4n) is 4.86. The molecule has 2 aromatic rings. The van der Waals surface area contributed by atoms with Crippen molar-refractivity contribution in [2.45, 2.75) is 38.1 Å². The summed E-state index contributed by atoms with van der Waals surface area (Å²) in [7, 11) is 2.26. The van der Waals surface area contributed by atoms with E-state index >= 15 is 0 Å². The summed E-state index contributed by atoms with van der Waals surface area (Å²) in [5.41, 5.74) is 4.24. The Labute approximate surface area is 159 Å². The first-order valence-electron chi connectivity index (χ1n) is 9.37. The Morgan fingerprint density at radius 2 is 2.27 bits per heavy atom. The second kappa shape index (κ2) is 7.00. The highest BCUT2D eigenvalue weighted by atomic mass is 32.1. The number of piperidine rings is 1. The molecule has 1 aromatic carbocycles. The van der Waals surface area contributed by atoms with Crippen LogP contribution in [0, 0.1) is 5.92 Å². The number of aromatic nitrogens is 1. The molecular weight excluding hydrogens is 344 g/mol. The molecule has 1 fully saturated rings. The van der Waals surface area contributed by atoms with Gasteiger partial charge in [0, 0.05) is 49.1 Å². The van der Waals surface area contributed by atoms with Crippen LogP contribution in [-0.2, 0) is 11.2 Å². The Balaban J connectivity index is 1.45. The molecule has 1 amide bonds. The van der Waals surface area contributed by atoms with Crippen LogP contribution in [0.1, 0.15) is 36.8 Å². The number of likely N-dealkylation sites (tertiary alicyclic amines) is 1. The van der Waals surface area contributed by atoms with Crippen molar-refractivity contribution < 1.29 is 4.79 Å². The SMILES string of the molecule is CC(=O)NC(=S)NCC[C@@H]1CC2c3cccc4[nH]cc(c34)C[C@H]2N(C)C1. The smallest absolute Gasteiger partial charge is 0.222 e. The molecule has 0 bridgehead atoms. The van der Waals surface area contributed by atoms with Gasteiger partial charge in [0.2, 0.25) is 5.91 Å². The van der Waals surface area contributed by atoms with Crippen LogP contribution >= 0.6 is 12.2 Å². The molecule has 1 aliphatic carbocycles. The zero-order chi connectivity index (χ0) is 18.3. The minimum absolute atomic E-state index is 0.125. The van der Waals surface area contributed by atoms with E-state index in [0.717, 1.165) is 25.9 Å². The largest absolute Gasteiger partial charge is 0.362 e. The third-order valence-electron chi connectivity index (χ3n) is 5.94. The number of amides is 1. The lowest BCUT2D eigenvalue weighted by atomic mass is 9.72. The summed E-state index contributed by atoms with van der Waals surface area (Å²) < 4.78 is 0. The number of nitrogens with one attached hydrogen (secondary N) is 3. The number of H-pyrrole nitrogens is 1. The lowest BCUT2D eigenvalue weighted by Crippen LogP contribution is -2.48. The first-order valence-corrected chi connectivity index (χ1v) is 9.78. The molecule has 1 aliphatic heterocycles. The fourth-order valence-corrected chi connectivity index (χ4v) is 5.10. The van der Waals surface area contributed by atoms with E-state index < -0.39 is 0 Å². The van der Waals surface area contributed by atoms with E-state index in [4.69, 9.17) is 12.2 Å². The van der Waals surface area contributed by atoms with E-state index in [-0.39, 0.29) is 5.91 Å².